The van der Waals surface area contributed by atoms with Crippen molar-refractivity contribution in [2.24, 2.45) is 0 Å². The van der Waals surface area contributed by atoms with Crippen LogP contribution < -0.4 is 5.32 Å². The molecule has 112 valence electrons. The largest absolute Gasteiger partial charge is 0.344 e. The monoisotopic (exact) mass is 329 g/mol. The number of aryl methyl sites for hydroxylation is 1. The topological polar surface area (TPSA) is 57.8 Å². The Hall–Kier alpha value is -1.59. The van der Waals surface area contributed by atoms with Crippen molar-refractivity contribution in [3.05, 3.63) is 51.0 Å². The Morgan fingerprint density at radius 2 is 2.10 bits per heavy atom. The average molecular weight is 330 g/mol. The van der Waals surface area contributed by atoms with Gasteiger partial charge in [-0.25, -0.2) is 4.39 Å². The van der Waals surface area contributed by atoms with Gasteiger partial charge in [0.25, 0.3) is 5.91 Å². The number of amides is 1. The van der Waals surface area contributed by atoms with Crippen LogP contribution in [0.1, 0.15) is 41.6 Å². The van der Waals surface area contributed by atoms with Gasteiger partial charge in [0.2, 0.25) is 0 Å². The van der Waals surface area contributed by atoms with E-state index in [2.05, 4.69) is 15.5 Å². The summed E-state index contributed by atoms with van der Waals surface area (Å²) in [5, 5.41) is 9.65. The maximum Gasteiger partial charge on any atom is 0.272 e. The quantitative estimate of drug-likeness (QED) is 0.835. The van der Waals surface area contributed by atoms with Crippen molar-refractivity contribution >= 4 is 29.1 Å². The summed E-state index contributed by atoms with van der Waals surface area (Å²) >= 11 is 11.7. The van der Waals surface area contributed by atoms with Crippen LogP contribution in [0.3, 0.4) is 0 Å². The minimum Gasteiger partial charge on any atom is -0.344 e. The van der Waals surface area contributed by atoms with Crippen molar-refractivity contribution in [1.82, 2.24) is 15.5 Å². The lowest BCUT2D eigenvalue weighted by molar-refractivity contribution is 0.0934. The zero-order valence-electron chi connectivity index (χ0n) is 11.5. The molecule has 2 aromatic rings. The Kier molecular flexibility index (Phi) is 4.85. The summed E-state index contributed by atoms with van der Waals surface area (Å²) < 4.78 is 13.5. The molecule has 0 aliphatic carbocycles. The Morgan fingerprint density at radius 3 is 2.71 bits per heavy atom. The van der Waals surface area contributed by atoms with Crippen LogP contribution in [0.25, 0.3) is 0 Å². The van der Waals surface area contributed by atoms with E-state index in [0.29, 0.717) is 10.6 Å². The number of benzene rings is 1. The summed E-state index contributed by atoms with van der Waals surface area (Å²) in [5.41, 5.74) is 1.60. The van der Waals surface area contributed by atoms with Crippen LogP contribution in [0.5, 0.6) is 0 Å². The number of hydrogen-bond donors (Lipinski definition) is 2. The number of H-pyrrole nitrogens is 1. The van der Waals surface area contributed by atoms with Crippen molar-refractivity contribution < 1.29 is 9.18 Å². The number of aromatic nitrogens is 2. The number of halogens is 3. The first kappa shape index (κ1) is 15.8. The molecule has 0 aliphatic heterocycles. The Labute approximate surface area is 131 Å². The van der Waals surface area contributed by atoms with Crippen molar-refractivity contribution in [2.45, 2.75) is 26.3 Å². The van der Waals surface area contributed by atoms with Crippen molar-refractivity contribution in [2.75, 3.05) is 0 Å². The number of nitrogens with zero attached hydrogens (tertiary/aromatic N) is 1. The van der Waals surface area contributed by atoms with E-state index in [1.54, 1.807) is 13.0 Å². The van der Waals surface area contributed by atoms with Crippen molar-refractivity contribution in [3.8, 4) is 0 Å². The standard InChI is InChI=1S/C14H14Cl2FN3O/c1-3-8-4-13(20-19-8)14(21)18-7(2)9-5-12(17)11(16)6-10(9)15/h4-7H,3H2,1-2H3,(H,18,21)(H,19,20). The van der Waals surface area contributed by atoms with Gasteiger partial charge in [-0.15, -0.1) is 0 Å². The van der Waals surface area contributed by atoms with Gasteiger partial charge in [0.1, 0.15) is 11.5 Å². The van der Waals surface area contributed by atoms with Gasteiger partial charge in [0.15, 0.2) is 0 Å². The third-order valence-corrected chi connectivity index (χ3v) is 3.72. The highest BCUT2D eigenvalue weighted by Crippen LogP contribution is 2.28. The van der Waals surface area contributed by atoms with Gasteiger partial charge in [0.05, 0.1) is 11.1 Å². The fourth-order valence-corrected chi connectivity index (χ4v) is 2.42. The van der Waals surface area contributed by atoms with E-state index in [4.69, 9.17) is 23.2 Å². The second kappa shape index (κ2) is 6.45. The van der Waals surface area contributed by atoms with E-state index in [1.807, 2.05) is 6.92 Å². The molecule has 1 unspecified atom stereocenters. The second-order valence-corrected chi connectivity index (χ2v) is 5.43. The summed E-state index contributed by atoms with van der Waals surface area (Å²) in [6.45, 7) is 3.66. The summed E-state index contributed by atoms with van der Waals surface area (Å²) in [4.78, 5) is 12.1. The van der Waals surface area contributed by atoms with E-state index in [-0.39, 0.29) is 16.6 Å². The molecule has 0 saturated carbocycles. The Morgan fingerprint density at radius 1 is 1.38 bits per heavy atom. The minimum absolute atomic E-state index is 0.0536. The highest BCUT2D eigenvalue weighted by atomic mass is 35.5. The molecule has 0 fully saturated rings. The first-order chi connectivity index (χ1) is 9.92. The van der Waals surface area contributed by atoms with E-state index in [9.17, 15) is 9.18 Å². The lowest BCUT2D eigenvalue weighted by atomic mass is 10.1. The maximum atomic E-state index is 13.5. The molecule has 4 nitrogen and oxygen atoms in total. The molecular weight excluding hydrogens is 316 g/mol. The molecule has 1 aromatic heterocycles. The van der Waals surface area contributed by atoms with Crippen LogP contribution in [0.4, 0.5) is 4.39 Å². The van der Waals surface area contributed by atoms with Crippen LogP contribution in [0.2, 0.25) is 10.0 Å². The zero-order chi connectivity index (χ0) is 15.6. The highest BCUT2D eigenvalue weighted by molar-refractivity contribution is 6.35. The van der Waals surface area contributed by atoms with Gasteiger partial charge >= 0.3 is 0 Å². The highest BCUT2D eigenvalue weighted by Gasteiger charge is 2.17. The molecule has 1 heterocycles. The van der Waals surface area contributed by atoms with Crippen molar-refractivity contribution in [1.29, 1.82) is 0 Å². The summed E-state index contributed by atoms with van der Waals surface area (Å²) in [5.74, 6) is -0.935. The predicted octanol–water partition coefficient (Wildman–Crippen LogP) is 3.91. The zero-order valence-corrected chi connectivity index (χ0v) is 13.0. The SMILES string of the molecule is CCc1cc(C(=O)NC(C)c2cc(F)c(Cl)cc2Cl)n[nH]1. The number of carbonyl (C=O) groups excluding carboxylic acids is 1. The maximum absolute atomic E-state index is 13.5. The average Bonchev–Trinajstić information content (AvgIpc) is 2.91. The fraction of sp³-hybridized carbons (Fsp3) is 0.286. The number of carbonyl (C=O) groups is 1. The number of aromatic amines is 1. The van der Waals surface area contributed by atoms with Gasteiger partial charge in [0, 0.05) is 10.7 Å². The molecule has 0 aliphatic rings. The smallest absolute Gasteiger partial charge is 0.272 e. The second-order valence-electron chi connectivity index (χ2n) is 4.61. The Balaban J connectivity index is 2.15. The number of hydrogen-bond acceptors (Lipinski definition) is 2. The summed E-state index contributed by atoms with van der Waals surface area (Å²) in [7, 11) is 0. The lowest BCUT2D eigenvalue weighted by Gasteiger charge is -2.15. The predicted molar refractivity (Wildman–Crippen MR) is 80.3 cm³/mol. The minimum atomic E-state index is -0.579. The third-order valence-electron chi connectivity index (χ3n) is 3.10. The lowest BCUT2D eigenvalue weighted by Crippen LogP contribution is -2.27. The van der Waals surface area contributed by atoms with Gasteiger partial charge < -0.3 is 5.32 Å². The van der Waals surface area contributed by atoms with E-state index >= 15 is 0 Å². The number of rotatable bonds is 4. The van der Waals surface area contributed by atoms with Crippen LogP contribution in [0.15, 0.2) is 18.2 Å². The fourth-order valence-electron chi connectivity index (χ4n) is 1.88. The molecule has 0 spiro atoms. The molecule has 0 bridgehead atoms. The Bertz CT molecular complexity index is 672. The molecule has 0 saturated heterocycles. The summed E-state index contributed by atoms with van der Waals surface area (Å²) in [6, 6.07) is 3.74. The molecule has 21 heavy (non-hydrogen) atoms. The molecule has 1 atom stereocenters. The summed E-state index contributed by atoms with van der Waals surface area (Å²) in [6.07, 6.45) is 0.754. The molecule has 1 amide bonds. The van der Waals surface area contributed by atoms with Crippen LogP contribution in [0, 0.1) is 5.82 Å². The van der Waals surface area contributed by atoms with E-state index < -0.39 is 11.9 Å². The van der Waals surface area contributed by atoms with Crippen LogP contribution >= 0.6 is 23.2 Å². The molecular formula is C14H14Cl2FN3O. The van der Waals surface area contributed by atoms with Gasteiger partial charge in [-0.2, -0.15) is 5.10 Å². The van der Waals surface area contributed by atoms with Crippen LogP contribution in [-0.2, 0) is 6.42 Å². The van der Waals surface area contributed by atoms with Gasteiger partial charge in [-0.05, 0) is 37.1 Å². The van der Waals surface area contributed by atoms with E-state index in [0.717, 1.165) is 12.1 Å². The molecule has 2 rings (SSSR count). The first-order valence-electron chi connectivity index (χ1n) is 6.42. The molecule has 2 N–H and O–H groups in total. The van der Waals surface area contributed by atoms with Gasteiger partial charge in [-0.3, -0.25) is 9.89 Å². The number of nitrogens with one attached hydrogen (secondary N) is 2. The van der Waals surface area contributed by atoms with E-state index in [1.165, 1.54) is 12.1 Å². The molecule has 7 heteroatoms. The molecule has 1 aromatic carbocycles. The normalized spacial score (nSPS) is 12.2. The third kappa shape index (κ3) is 3.54. The van der Waals surface area contributed by atoms with Gasteiger partial charge in [-0.1, -0.05) is 30.1 Å². The van der Waals surface area contributed by atoms with Crippen molar-refractivity contribution in [3.63, 3.8) is 0 Å². The first-order valence-corrected chi connectivity index (χ1v) is 7.17. The van der Waals surface area contributed by atoms with Crippen LogP contribution in [-0.4, -0.2) is 16.1 Å². The molecule has 0 radical (unpaired) electrons.